The lowest BCUT2D eigenvalue weighted by Gasteiger charge is -2.36. The molecule has 2 saturated heterocycles. The third-order valence-corrected chi connectivity index (χ3v) is 6.36. The van der Waals surface area contributed by atoms with Crippen LogP contribution in [0.4, 0.5) is 18.9 Å². The highest BCUT2D eigenvalue weighted by Gasteiger charge is 2.48. The number of piperidine rings is 1. The predicted molar refractivity (Wildman–Crippen MR) is 83.6 cm³/mol. The first-order chi connectivity index (χ1) is 11.3. The summed E-state index contributed by atoms with van der Waals surface area (Å²) in [6, 6.07) is 5.37. The smallest absolute Gasteiger partial charge is 0.378 e. The molecule has 0 N–H and O–H groups in total. The molecule has 1 atom stereocenters. The average molecular weight is 363 g/mol. The Hall–Kier alpha value is -1.28. The third kappa shape index (κ3) is 3.26. The van der Waals surface area contributed by atoms with Crippen LogP contribution in [0, 0.1) is 5.92 Å². The number of hydrogen-bond acceptors (Lipinski definition) is 4. The second kappa shape index (κ2) is 6.55. The Morgan fingerprint density at radius 3 is 2.33 bits per heavy atom. The molecule has 134 valence electrons. The number of ether oxygens (including phenoxy) is 1. The van der Waals surface area contributed by atoms with Crippen LogP contribution in [-0.4, -0.2) is 39.7 Å². The van der Waals surface area contributed by atoms with E-state index in [0.29, 0.717) is 19.0 Å². The lowest BCUT2D eigenvalue weighted by molar-refractivity contribution is -0.0435. The molecule has 1 unspecified atom stereocenters. The van der Waals surface area contributed by atoms with E-state index in [-0.39, 0.29) is 11.8 Å². The molecule has 3 rings (SSSR count). The van der Waals surface area contributed by atoms with Crippen molar-refractivity contribution in [3.8, 4) is 0 Å². The van der Waals surface area contributed by atoms with Gasteiger partial charge >= 0.3 is 5.51 Å². The Bertz CT molecular complexity index is 676. The van der Waals surface area contributed by atoms with E-state index in [1.807, 2.05) is 0 Å². The van der Waals surface area contributed by atoms with Gasteiger partial charge in [-0.15, -0.1) is 0 Å². The maximum Gasteiger partial charge on any atom is 0.501 e. The molecular formula is C16H20F3NO3S. The van der Waals surface area contributed by atoms with Gasteiger partial charge in [0.15, 0.2) is 0 Å². The third-order valence-electron chi connectivity index (χ3n) is 4.83. The maximum atomic E-state index is 12.9. The fourth-order valence-electron chi connectivity index (χ4n) is 3.56. The summed E-state index contributed by atoms with van der Waals surface area (Å²) in [5, 5.41) is 0. The van der Waals surface area contributed by atoms with Crippen molar-refractivity contribution in [2.75, 3.05) is 24.6 Å². The van der Waals surface area contributed by atoms with Gasteiger partial charge in [-0.1, -0.05) is 12.1 Å². The Morgan fingerprint density at radius 2 is 1.75 bits per heavy atom. The van der Waals surface area contributed by atoms with Gasteiger partial charge in [-0.2, -0.15) is 13.2 Å². The number of anilines is 1. The highest BCUT2D eigenvalue weighted by Crippen LogP contribution is 2.38. The second-order valence-electron chi connectivity index (χ2n) is 6.29. The molecule has 0 radical (unpaired) electrons. The van der Waals surface area contributed by atoms with E-state index in [1.165, 1.54) is 12.1 Å². The van der Waals surface area contributed by atoms with Crippen molar-refractivity contribution >= 4 is 15.5 Å². The van der Waals surface area contributed by atoms with Gasteiger partial charge in [0.25, 0.3) is 9.84 Å². The summed E-state index contributed by atoms with van der Waals surface area (Å²) in [6.07, 6.45) is 3.92. The zero-order chi connectivity index (χ0) is 17.4. The minimum Gasteiger partial charge on any atom is -0.378 e. The van der Waals surface area contributed by atoms with E-state index in [2.05, 4.69) is 0 Å². The molecule has 4 nitrogen and oxygen atoms in total. The molecule has 0 aliphatic carbocycles. The van der Waals surface area contributed by atoms with E-state index in [9.17, 15) is 21.6 Å². The highest BCUT2D eigenvalue weighted by molar-refractivity contribution is 7.92. The number of rotatable bonds is 3. The number of para-hydroxylation sites is 1. The summed E-state index contributed by atoms with van der Waals surface area (Å²) >= 11 is 0. The molecule has 8 heteroatoms. The molecule has 0 saturated carbocycles. The standard InChI is InChI=1S/C16H20F3NO3S/c17-16(18,19)24(21,22)15-6-2-1-4-13(15)20-9-7-12(8-10-20)14-5-3-11-23-14/h1-2,4,6,12,14H,3,5,7-11H2. The van der Waals surface area contributed by atoms with Crippen molar-refractivity contribution in [1.29, 1.82) is 0 Å². The topological polar surface area (TPSA) is 46.6 Å². The largest absolute Gasteiger partial charge is 0.501 e. The number of alkyl halides is 3. The van der Waals surface area contributed by atoms with Crippen molar-refractivity contribution < 1.29 is 26.3 Å². The summed E-state index contributed by atoms with van der Waals surface area (Å²) < 4.78 is 68.1. The fraction of sp³-hybridized carbons (Fsp3) is 0.625. The van der Waals surface area contributed by atoms with Crippen molar-refractivity contribution in [1.82, 2.24) is 0 Å². The highest BCUT2D eigenvalue weighted by atomic mass is 32.2. The normalized spacial score (nSPS) is 23.6. The Balaban J connectivity index is 1.79. The molecule has 2 aliphatic rings. The molecule has 0 bridgehead atoms. The fourth-order valence-corrected chi connectivity index (χ4v) is 4.54. The Labute approximate surface area is 139 Å². The Morgan fingerprint density at radius 1 is 1.08 bits per heavy atom. The molecule has 0 spiro atoms. The molecule has 2 aliphatic heterocycles. The van der Waals surface area contributed by atoms with Gasteiger partial charge in [0.1, 0.15) is 0 Å². The minimum atomic E-state index is -5.35. The van der Waals surface area contributed by atoms with Crippen molar-refractivity contribution in [3.63, 3.8) is 0 Å². The first kappa shape index (κ1) is 17.5. The quantitative estimate of drug-likeness (QED) is 0.826. The van der Waals surface area contributed by atoms with E-state index >= 15 is 0 Å². The SMILES string of the molecule is O=S(=O)(c1ccccc1N1CCC(C2CCCO2)CC1)C(F)(F)F. The van der Waals surface area contributed by atoms with Gasteiger partial charge in [0.2, 0.25) is 0 Å². The number of sulfone groups is 1. The zero-order valence-corrected chi connectivity index (χ0v) is 13.9. The molecule has 24 heavy (non-hydrogen) atoms. The molecule has 1 aromatic rings. The van der Waals surface area contributed by atoms with E-state index < -0.39 is 20.2 Å². The summed E-state index contributed by atoms with van der Waals surface area (Å²) in [5.41, 5.74) is -5.15. The summed E-state index contributed by atoms with van der Waals surface area (Å²) in [4.78, 5) is 1.08. The lowest BCUT2D eigenvalue weighted by Crippen LogP contribution is -2.38. The van der Waals surface area contributed by atoms with Crippen LogP contribution in [0.25, 0.3) is 0 Å². The van der Waals surface area contributed by atoms with Crippen LogP contribution >= 0.6 is 0 Å². The summed E-state index contributed by atoms with van der Waals surface area (Å²) in [7, 11) is -5.35. The van der Waals surface area contributed by atoms with E-state index in [1.54, 1.807) is 11.0 Å². The monoisotopic (exact) mass is 363 g/mol. The molecule has 1 aromatic carbocycles. The summed E-state index contributed by atoms with van der Waals surface area (Å²) in [5.74, 6) is 0.398. The van der Waals surface area contributed by atoms with Crippen molar-refractivity contribution in [2.24, 2.45) is 5.92 Å². The number of halogens is 3. The maximum absolute atomic E-state index is 12.9. The molecular weight excluding hydrogens is 343 g/mol. The van der Waals surface area contributed by atoms with E-state index in [4.69, 9.17) is 4.74 Å². The van der Waals surface area contributed by atoms with Crippen LogP contribution in [0.5, 0.6) is 0 Å². The summed E-state index contributed by atoms with van der Waals surface area (Å²) in [6.45, 7) is 1.85. The van der Waals surface area contributed by atoms with Crippen LogP contribution in [0.15, 0.2) is 29.2 Å². The van der Waals surface area contributed by atoms with E-state index in [0.717, 1.165) is 38.4 Å². The van der Waals surface area contributed by atoms with Crippen LogP contribution in [0.1, 0.15) is 25.7 Å². The Kier molecular flexibility index (Phi) is 4.79. The van der Waals surface area contributed by atoms with Crippen LogP contribution in [-0.2, 0) is 14.6 Å². The minimum absolute atomic E-state index is 0.139. The van der Waals surface area contributed by atoms with Gasteiger partial charge in [0, 0.05) is 19.7 Å². The van der Waals surface area contributed by atoms with Gasteiger partial charge in [0.05, 0.1) is 16.7 Å². The van der Waals surface area contributed by atoms with Crippen molar-refractivity contribution in [3.05, 3.63) is 24.3 Å². The van der Waals surface area contributed by atoms with Gasteiger partial charge in [-0.3, -0.25) is 0 Å². The molecule has 2 heterocycles. The molecule has 0 amide bonds. The van der Waals surface area contributed by atoms with Crippen LogP contribution in [0.2, 0.25) is 0 Å². The van der Waals surface area contributed by atoms with Crippen LogP contribution in [0.3, 0.4) is 0 Å². The first-order valence-corrected chi connectivity index (χ1v) is 9.56. The predicted octanol–water partition coefficient (Wildman–Crippen LogP) is 3.38. The molecule has 2 fully saturated rings. The number of benzene rings is 1. The average Bonchev–Trinajstić information content (AvgIpc) is 3.08. The van der Waals surface area contributed by atoms with Gasteiger partial charge < -0.3 is 9.64 Å². The first-order valence-electron chi connectivity index (χ1n) is 8.07. The lowest BCUT2D eigenvalue weighted by atomic mass is 9.89. The second-order valence-corrected chi connectivity index (χ2v) is 8.20. The van der Waals surface area contributed by atoms with Crippen LogP contribution < -0.4 is 4.90 Å². The van der Waals surface area contributed by atoms with Crippen molar-refractivity contribution in [2.45, 2.75) is 42.2 Å². The number of hydrogen-bond donors (Lipinski definition) is 0. The van der Waals surface area contributed by atoms with Gasteiger partial charge in [-0.25, -0.2) is 8.42 Å². The molecule has 0 aromatic heterocycles. The number of nitrogens with zero attached hydrogens (tertiary/aromatic N) is 1. The van der Waals surface area contributed by atoms with Gasteiger partial charge in [-0.05, 0) is 43.7 Å². The zero-order valence-electron chi connectivity index (χ0n) is 13.1.